The highest BCUT2D eigenvalue weighted by atomic mass is 16.6. The SMILES string of the molecule is CC(C)(C)OC(=O)[C@@H]1CNCCO1. The average molecular weight is 187 g/mol. The minimum atomic E-state index is -0.437. The van der Waals surface area contributed by atoms with Crippen molar-refractivity contribution in [3.63, 3.8) is 0 Å². The van der Waals surface area contributed by atoms with Gasteiger partial charge in [0.25, 0.3) is 0 Å². The second kappa shape index (κ2) is 4.07. The van der Waals surface area contributed by atoms with Gasteiger partial charge in [0.1, 0.15) is 5.60 Å². The molecule has 0 aromatic heterocycles. The molecule has 1 atom stereocenters. The van der Waals surface area contributed by atoms with Crippen LogP contribution < -0.4 is 5.32 Å². The molecule has 13 heavy (non-hydrogen) atoms. The Morgan fingerprint density at radius 2 is 2.23 bits per heavy atom. The number of esters is 1. The predicted octanol–water partition coefficient (Wildman–Crippen LogP) is 0.317. The molecule has 1 heterocycles. The van der Waals surface area contributed by atoms with Crippen molar-refractivity contribution in [1.29, 1.82) is 0 Å². The third-order valence-electron chi connectivity index (χ3n) is 1.60. The topological polar surface area (TPSA) is 47.6 Å². The maximum atomic E-state index is 11.4. The Balaban J connectivity index is 2.38. The Kier molecular flexibility index (Phi) is 3.27. The summed E-state index contributed by atoms with van der Waals surface area (Å²) < 4.78 is 10.4. The molecule has 0 radical (unpaired) electrons. The van der Waals surface area contributed by atoms with Gasteiger partial charge in [-0.05, 0) is 20.8 Å². The molecule has 0 spiro atoms. The summed E-state index contributed by atoms with van der Waals surface area (Å²) in [5, 5.41) is 3.08. The average Bonchev–Trinajstić information content (AvgIpc) is 2.03. The van der Waals surface area contributed by atoms with Crippen LogP contribution in [-0.2, 0) is 14.3 Å². The predicted molar refractivity (Wildman–Crippen MR) is 48.5 cm³/mol. The first-order valence-electron chi connectivity index (χ1n) is 4.54. The molecule has 4 nitrogen and oxygen atoms in total. The van der Waals surface area contributed by atoms with E-state index in [1.165, 1.54) is 0 Å². The van der Waals surface area contributed by atoms with Gasteiger partial charge in [0.2, 0.25) is 0 Å². The molecule has 0 aromatic rings. The molecule has 1 aliphatic rings. The quantitative estimate of drug-likeness (QED) is 0.600. The molecule has 0 bridgehead atoms. The van der Waals surface area contributed by atoms with Gasteiger partial charge in [-0.2, -0.15) is 0 Å². The second-order valence-electron chi connectivity index (χ2n) is 4.10. The van der Waals surface area contributed by atoms with Gasteiger partial charge in [0, 0.05) is 13.1 Å². The smallest absolute Gasteiger partial charge is 0.337 e. The van der Waals surface area contributed by atoms with E-state index in [-0.39, 0.29) is 5.97 Å². The lowest BCUT2D eigenvalue weighted by Crippen LogP contribution is -2.45. The van der Waals surface area contributed by atoms with Crippen molar-refractivity contribution < 1.29 is 14.3 Å². The lowest BCUT2D eigenvalue weighted by molar-refractivity contribution is -0.169. The zero-order chi connectivity index (χ0) is 9.90. The van der Waals surface area contributed by atoms with Crippen LogP contribution >= 0.6 is 0 Å². The lowest BCUT2D eigenvalue weighted by Gasteiger charge is -2.26. The van der Waals surface area contributed by atoms with Gasteiger partial charge in [-0.15, -0.1) is 0 Å². The van der Waals surface area contributed by atoms with Crippen LogP contribution in [0.1, 0.15) is 20.8 Å². The molecule has 1 fully saturated rings. The van der Waals surface area contributed by atoms with Crippen LogP contribution in [-0.4, -0.2) is 37.4 Å². The molecule has 0 amide bonds. The molecule has 1 N–H and O–H groups in total. The van der Waals surface area contributed by atoms with Gasteiger partial charge >= 0.3 is 5.97 Å². The first-order chi connectivity index (χ1) is 5.99. The van der Waals surface area contributed by atoms with Gasteiger partial charge in [0.15, 0.2) is 6.10 Å². The van der Waals surface area contributed by atoms with Gasteiger partial charge < -0.3 is 14.8 Å². The minimum absolute atomic E-state index is 0.278. The van der Waals surface area contributed by atoms with E-state index in [9.17, 15) is 4.79 Å². The van der Waals surface area contributed by atoms with Crippen molar-refractivity contribution in [3.05, 3.63) is 0 Å². The Bertz CT molecular complexity index is 180. The number of carbonyl (C=O) groups excluding carboxylic acids is 1. The highest BCUT2D eigenvalue weighted by molar-refractivity contribution is 5.75. The molecule has 76 valence electrons. The summed E-state index contributed by atoms with van der Waals surface area (Å²) in [4.78, 5) is 11.4. The summed E-state index contributed by atoms with van der Waals surface area (Å²) in [6, 6.07) is 0. The van der Waals surface area contributed by atoms with Crippen LogP contribution in [0.5, 0.6) is 0 Å². The molecule has 0 aliphatic carbocycles. The van der Waals surface area contributed by atoms with E-state index in [1.54, 1.807) is 0 Å². The first kappa shape index (κ1) is 10.5. The summed E-state index contributed by atoms with van der Waals surface area (Å²) >= 11 is 0. The molecule has 0 unspecified atom stereocenters. The van der Waals surface area contributed by atoms with E-state index in [2.05, 4.69) is 5.32 Å². The fourth-order valence-corrected chi connectivity index (χ4v) is 1.08. The highest BCUT2D eigenvalue weighted by Crippen LogP contribution is 2.10. The first-order valence-corrected chi connectivity index (χ1v) is 4.54. The Labute approximate surface area is 78.6 Å². The highest BCUT2D eigenvalue weighted by Gasteiger charge is 2.27. The van der Waals surface area contributed by atoms with Crippen molar-refractivity contribution >= 4 is 5.97 Å². The number of carbonyl (C=O) groups is 1. The van der Waals surface area contributed by atoms with Crippen LogP contribution in [0.25, 0.3) is 0 Å². The van der Waals surface area contributed by atoms with Gasteiger partial charge in [-0.3, -0.25) is 0 Å². The number of nitrogens with one attached hydrogen (secondary N) is 1. The zero-order valence-electron chi connectivity index (χ0n) is 8.42. The van der Waals surface area contributed by atoms with Crippen LogP contribution in [0.4, 0.5) is 0 Å². The van der Waals surface area contributed by atoms with Crippen molar-refractivity contribution in [2.75, 3.05) is 19.7 Å². The maximum absolute atomic E-state index is 11.4. The van der Waals surface area contributed by atoms with E-state index < -0.39 is 11.7 Å². The summed E-state index contributed by atoms with van der Waals surface area (Å²) in [5.41, 5.74) is -0.433. The van der Waals surface area contributed by atoms with Crippen LogP contribution in [0, 0.1) is 0 Å². The molecule has 0 saturated carbocycles. The zero-order valence-corrected chi connectivity index (χ0v) is 8.42. The van der Waals surface area contributed by atoms with E-state index >= 15 is 0 Å². The fraction of sp³-hybridized carbons (Fsp3) is 0.889. The number of hydrogen-bond acceptors (Lipinski definition) is 4. The van der Waals surface area contributed by atoms with Crippen molar-refractivity contribution in [2.24, 2.45) is 0 Å². The number of morpholine rings is 1. The number of rotatable bonds is 1. The normalized spacial score (nSPS) is 24.1. The van der Waals surface area contributed by atoms with Gasteiger partial charge in [-0.1, -0.05) is 0 Å². The largest absolute Gasteiger partial charge is 0.458 e. The maximum Gasteiger partial charge on any atom is 0.337 e. The summed E-state index contributed by atoms with van der Waals surface area (Å²) in [5.74, 6) is -0.278. The monoisotopic (exact) mass is 187 g/mol. The van der Waals surface area contributed by atoms with Crippen LogP contribution in [0.3, 0.4) is 0 Å². The third-order valence-corrected chi connectivity index (χ3v) is 1.60. The summed E-state index contributed by atoms with van der Waals surface area (Å²) in [7, 11) is 0. The second-order valence-corrected chi connectivity index (χ2v) is 4.10. The molecular weight excluding hydrogens is 170 g/mol. The van der Waals surface area contributed by atoms with Crippen molar-refractivity contribution in [3.8, 4) is 0 Å². The van der Waals surface area contributed by atoms with Gasteiger partial charge in [0.05, 0.1) is 6.61 Å². The Morgan fingerprint density at radius 1 is 1.54 bits per heavy atom. The fourth-order valence-electron chi connectivity index (χ4n) is 1.08. The van der Waals surface area contributed by atoms with Crippen LogP contribution in [0.2, 0.25) is 0 Å². The molecule has 1 aliphatic heterocycles. The third kappa shape index (κ3) is 3.74. The lowest BCUT2D eigenvalue weighted by atomic mass is 10.2. The molecule has 4 heteroatoms. The standard InChI is InChI=1S/C9H17NO3/c1-9(2,3)13-8(11)7-6-10-4-5-12-7/h7,10H,4-6H2,1-3H3/t7-/m0/s1. The van der Waals surface area contributed by atoms with Crippen LogP contribution in [0.15, 0.2) is 0 Å². The van der Waals surface area contributed by atoms with E-state index in [4.69, 9.17) is 9.47 Å². The number of hydrogen-bond donors (Lipinski definition) is 1. The number of ether oxygens (including phenoxy) is 2. The molecular formula is C9H17NO3. The summed E-state index contributed by atoms with van der Waals surface area (Å²) in [6.45, 7) is 7.47. The van der Waals surface area contributed by atoms with Crippen molar-refractivity contribution in [1.82, 2.24) is 5.32 Å². The van der Waals surface area contributed by atoms with E-state index in [1.807, 2.05) is 20.8 Å². The molecule has 1 rings (SSSR count). The summed E-state index contributed by atoms with van der Waals surface area (Å²) in [6.07, 6.45) is -0.437. The Morgan fingerprint density at radius 3 is 2.69 bits per heavy atom. The van der Waals surface area contributed by atoms with Gasteiger partial charge in [-0.25, -0.2) is 4.79 Å². The van der Waals surface area contributed by atoms with E-state index in [0.717, 1.165) is 6.54 Å². The molecule has 1 saturated heterocycles. The minimum Gasteiger partial charge on any atom is -0.458 e. The molecule has 0 aromatic carbocycles. The Hall–Kier alpha value is -0.610. The van der Waals surface area contributed by atoms with Crippen molar-refractivity contribution in [2.45, 2.75) is 32.5 Å². The van der Waals surface area contributed by atoms with E-state index in [0.29, 0.717) is 13.2 Å².